The number of sulfonamides is 1. The molecule has 0 saturated heterocycles. The molecule has 0 radical (unpaired) electrons. The highest BCUT2D eigenvalue weighted by molar-refractivity contribution is 8.13. The monoisotopic (exact) mass is 351 g/mol. The van der Waals surface area contributed by atoms with Crippen molar-refractivity contribution >= 4 is 35.4 Å². The number of hydrogen-bond acceptors (Lipinski definition) is 4. The van der Waals surface area contributed by atoms with E-state index in [0.29, 0.717) is 23.2 Å². The summed E-state index contributed by atoms with van der Waals surface area (Å²) in [6, 6.07) is 2.81. The molecule has 0 aliphatic heterocycles. The van der Waals surface area contributed by atoms with E-state index in [0.717, 1.165) is 12.8 Å². The summed E-state index contributed by atoms with van der Waals surface area (Å²) >= 11 is 0. The third-order valence-corrected chi connectivity index (χ3v) is 6.22. The van der Waals surface area contributed by atoms with E-state index in [1.165, 1.54) is 12.1 Å². The number of nitrogens with one attached hydrogen (secondary N) is 1. The molecule has 1 saturated carbocycles. The van der Waals surface area contributed by atoms with Crippen molar-refractivity contribution in [3.05, 3.63) is 23.3 Å². The zero-order valence-electron chi connectivity index (χ0n) is 11.9. The van der Waals surface area contributed by atoms with E-state index in [4.69, 9.17) is 10.7 Å². The fraction of sp³-hybridized carbons (Fsp3) is 0.538. The number of rotatable bonds is 6. The van der Waals surface area contributed by atoms with Gasteiger partial charge in [0.15, 0.2) is 0 Å². The van der Waals surface area contributed by atoms with Crippen molar-refractivity contribution in [3.63, 3.8) is 0 Å². The van der Waals surface area contributed by atoms with Gasteiger partial charge in [0.1, 0.15) is 0 Å². The van der Waals surface area contributed by atoms with E-state index in [1.807, 2.05) is 6.92 Å². The van der Waals surface area contributed by atoms with E-state index >= 15 is 0 Å². The van der Waals surface area contributed by atoms with Gasteiger partial charge in [0.25, 0.3) is 9.05 Å². The van der Waals surface area contributed by atoms with E-state index in [1.54, 1.807) is 6.92 Å². The number of benzene rings is 1. The molecule has 118 valence electrons. The Morgan fingerprint density at radius 3 is 2.33 bits per heavy atom. The maximum Gasteiger partial charge on any atom is 0.261 e. The SMILES string of the molecule is CCc1cc(S(=O)(=O)Cl)cc(C)c1NS(=O)(=O)CC1CC1. The molecule has 5 nitrogen and oxygen atoms in total. The van der Waals surface area contributed by atoms with Gasteiger partial charge in [0.2, 0.25) is 10.0 Å². The predicted molar refractivity (Wildman–Crippen MR) is 83.7 cm³/mol. The molecule has 0 atom stereocenters. The van der Waals surface area contributed by atoms with Crippen molar-refractivity contribution in [2.24, 2.45) is 5.92 Å². The lowest BCUT2D eigenvalue weighted by Gasteiger charge is -2.15. The highest BCUT2D eigenvalue weighted by Gasteiger charge is 2.28. The molecule has 0 aromatic heterocycles. The van der Waals surface area contributed by atoms with Crippen LogP contribution in [0.4, 0.5) is 5.69 Å². The van der Waals surface area contributed by atoms with Crippen molar-refractivity contribution in [1.29, 1.82) is 0 Å². The van der Waals surface area contributed by atoms with Gasteiger partial charge in [-0.15, -0.1) is 0 Å². The normalized spacial score (nSPS) is 16.0. The van der Waals surface area contributed by atoms with Gasteiger partial charge in [-0.3, -0.25) is 4.72 Å². The van der Waals surface area contributed by atoms with Gasteiger partial charge in [0, 0.05) is 10.7 Å². The van der Waals surface area contributed by atoms with Crippen LogP contribution in [0.1, 0.15) is 30.9 Å². The lowest BCUT2D eigenvalue weighted by molar-refractivity contribution is 0.597. The maximum absolute atomic E-state index is 12.1. The minimum absolute atomic E-state index is 0.0105. The van der Waals surface area contributed by atoms with Gasteiger partial charge in [-0.05, 0) is 55.4 Å². The first-order chi connectivity index (χ1) is 9.62. The van der Waals surface area contributed by atoms with Crippen molar-refractivity contribution in [2.75, 3.05) is 10.5 Å². The average Bonchev–Trinajstić information content (AvgIpc) is 3.13. The molecular formula is C13H18ClNO4S2. The third-order valence-electron chi connectivity index (χ3n) is 3.46. The minimum atomic E-state index is -3.83. The fourth-order valence-electron chi connectivity index (χ4n) is 2.18. The molecule has 0 unspecified atom stereocenters. The van der Waals surface area contributed by atoms with Gasteiger partial charge in [0.05, 0.1) is 16.3 Å². The summed E-state index contributed by atoms with van der Waals surface area (Å²) in [5.74, 6) is 0.362. The molecule has 1 aliphatic rings. The maximum atomic E-state index is 12.1. The van der Waals surface area contributed by atoms with Crippen LogP contribution in [-0.4, -0.2) is 22.6 Å². The molecule has 1 N–H and O–H groups in total. The Hall–Kier alpha value is -0.790. The average molecular weight is 352 g/mol. The molecule has 21 heavy (non-hydrogen) atoms. The van der Waals surface area contributed by atoms with Crippen molar-refractivity contribution < 1.29 is 16.8 Å². The summed E-state index contributed by atoms with van der Waals surface area (Å²) in [5.41, 5.74) is 1.63. The standard InChI is InChI=1S/C13H18ClNO4S2/c1-3-11-7-12(21(14,18)19)6-9(2)13(11)15-20(16,17)8-10-4-5-10/h6-7,10,15H,3-5,8H2,1-2H3. The second kappa shape index (κ2) is 5.78. The van der Waals surface area contributed by atoms with Crippen LogP contribution >= 0.6 is 10.7 Å². The number of halogens is 1. The largest absolute Gasteiger partial charge is 0.283 e. The Labute approximate surface area is 130 Å². The zero-order valence-corrected chi connectivity index (χ0v) is 14.3. The van der Waals surface area contributed by atoms with Crippen LogP contribution in [-0.2, 0) is 25.5 Å². The van der Waals surface area contributed by atoms with Gasteiger partial charge in [-0.1, -0.05) is 6.92 Å². The molecular weight excluding hydrogens is 334 g/mol. The third kappa shape index (κ3) is 4.34. The first kappa shape index (κ1) is 16.6. The highest BCUT2D eigenvalue weighted by atomic mass is 35.7. The molecule has 0 amide bonds. The lowest BCUT2D eigenvalue weighted by atomic mass is 10.1. The van der Waals surface area contributed by atoms with E-state index in [-0.39, 0.29) is 16.6 Å². The molecule has 0 bridgehead atoms. The number of hydrogen-bond donors (Lipinski definition) is 1. The van der Waals surface area contributed by atoms with Crippen LogP contribution in [0.15, 0.2) is 17.0 Å². The molecule has 1 aromatic carbocycles. The van der Waals surface area contributed by atoms with Crippen molar-refractivity contribution in [2.45, 2.75) is 38.0 Å². The Bertz CT molecular complexity index is 753. The summed E-state index contributed by atoms with van der Waals surface area (Å²) in [6.45, 7) is 3.50. The summed E-state index contributed by atoms with van der Waals surface area (Å²) < 4.78 is 49.6. The Balaban J connectivity index is 2.39. The smallest absolute Gasteiger partial charge is 0.261 e. The summed E-state index contributed by atoms with van der Waals surface area (Å²) in [7, 11) is -1.88. The van der Waals surface area contributed by atoms with Crippen molar-refractivity contribution in [3.8, 4) is 0 Å². The van der Waals surface area contributed by atoms with Crippen molar-refractivity contribution in [1.82, 2.24) is 0 Å². The lowest BCUT2D eigenvalue weighted by Crippen LogP contribution is -2.19. The van der Waals surface area contributed by atoms with Crippen LogP contribution in [0, 0.1) is 12.8 Å². The number of anilines is 1. The number of aryl methyl sites for hydroxylation is 2. The quantitative estimate of drug-likeness (QED) is 0.799. The van der Waals surface area contributed by atoms with Crippen LogP contribution in [0.5, 0.6) is 0 Å². The van der Waals surface area contributed by atoms with Crippen LogP contribution in [0.25, 0.3) is 0 Å². The topological polar surface area (TPSA) is 80.3 Å². The van der Waals surface area contributed by atoms with Gasteiger partial charge >= 0.3 is 0 Å². The first-order valence-corrected chi connectivity index (χ1v) is 10.7. The molecule has 0 spiro atoms. The zero-order chi connectivity index (χ0) is 15.8. The van der Waals surface area contributed by atoms with E-state index in [9.17, 15) is 16.8 Å². The summed E-state index contributed by atoms with van der Waals surface area (Å²) in [5, 5.41) is 0. The van der Waals surface area contributed by atoms with Crippen LogP contribution in [0.3, 0.4) is 0 Å². The minimum Gasteiger partial charge on any atom is -0.283 e. The van der Waals surface area contributed by atoms with Gasteiger partial charge in [-0.25, -0.2) is 16.8 Å². The predicted octanol–water partition coefficient (Wildman–Crippen LogP) is 2.64. The first-order valence-electron chi connectivity index (χ1n) is 6.71. The molecule has 1 fully saturated rings. The Kier molecular flexibility index (Phi) is 4.56. The Morgan fingerprint density at radius 2 is 1.86 bits per heavy atom. The highest BCUT2D eigenvalue weighted by Crippen LogP contribution is 2.32. The van der Waals surface area contributed by atoms with E-state index < -0.39 is 19.1 Å². The van der Waals surface area contributed by atoms with E-state index in [2.05, 4.69) is 4.72 Å². The molecule has 2 rings (SSSR count). The molecule has 1 aromatic rings. The molecule has 1 aliphatic carbocycles. The van der Waals surface area contributed by atoms with Crippen LogP contribution < -0.4 is 4.72 Å². The summed E-state index contributed by atoms with van der Waals surface area (Å²) in [6.07, 6.45) is 2.40. The Morgan fingerprint density at radius 1 is 1.24 bits per heavy atom. The second-order valence-corrected chi connectivity index (χ2v) is 9.73. The van der Waals surface area contributed by atoms with Gasteiger partial charge < -0.3 is 0 Å². The molecule has 0 heterocycles. The summed E-state index contributed by atoms with van der Waals surface area (Å²) in [4.78, 5) is -0.0105. The second-order valence-electron chi connectivity index (χ2n) is 5.39. The molecule has 8 heteroatoms. The fourth-order valence-corrected chi connectivity index (χ4v) is 4.69. The van der Waals surface area contributed by atoms with Gasteiger partial charge in [-0.2, -0.15) is 0 Å². The van der Waals surface area contributed by atoms with Crippen LogP contribution in [0.2, 0.25) is 0 Å².